The Morgan fingerprint density at radius 3 is 1.26 bits per heavy atom. The summed E-state index contributed by atoms with van der Waals surface area (Å²) in [6.45, 7) is 7.23. The molecule has 6 aliphatic rings. The number of carbonyl (C=O) groups excluding carboxylic acids is 4. The zero-order chi connectivity index (χ0) is 44.0. The molecule has 6 heterocycles. The van der Waals surface area contributed by atoms with Crippen molar-refractivity contribution in [2.75, 3.05) is 0 Å². The van der Waals surface area contributed by atoms with E-state index in [4.69, 9.17) is 37.6 Å². The van der Waals surface area contributed by atoms with E-state index >= 15 is 0 Å². The predicted molar refractivity (Wildman–Crippen MR) is 224 cm³/mol. The van der Waals surface area contributed by atoms with Crippen LogP contribution in [0.4, 0.5) is 0 Å². The van der Waals surface area contributed by atoms with E-state index in [9.17, 15) is 29.4 Å². The van der Waals surface area contributed by atoms with Gasteiger partial charge >= 0.3 is 48.5 Å². The molecule has 0 aromatic rings. The van der Waals surface area contributed by atoms with Crippen molar-refractivity contribution in [2.45, 2.75) is 192 Å². The van der Waals surface area contributed by atoms with E-state index in [-0.39, 0.29) is 54.0 Å². The van der Waals surface area contributed by atoms with E-state index in [1.54, 1.807) is 27.7 Å². The number of fused-ring (bicyclic) bond motifs is 4. The molecule has 62 heavy (non-hydrogen) atoms. The van der Waals surface area contributed by atoms with Gasteiger partial charge in [0.25, 0.3) is 0 Å². The van der Waals surface area contributed by atoms with Crippen LogP contribution in [0.5, 0.6) is 0 Å². The first-order valence-corrected chi connectivity index (χ1v) is 22.8. The second kappa shape index (κ2) is 22.5. The summed E-state index contributed by atoms with van der Waals surface area (Å²) >= 11 is 0. The second-order valence-corrected chi connectivity index (χ2v) is 18.3. The molecule has 0 radical (unpaired) electrons. The molecule has 0 aromatic heterocycles. The number of aliphatic hydroxyl groups is 2. The molecule has 16 heteroatoms. The minimum atomic E-state index is -3.51. The molecule has 6 aliphatic heterocycles. The molecular weight excluding hydrogens is 810 g/mol. The predicted octanol–water partition coefficient (Wildman–Crippen LogP) is 3.43. The van der Waals surface area contributed by atoms with Crippen LogP contribution < -0.4 is 29.6 Å². The van der Waals surface area contributed by atoms with Gasteiger partial charge in [-0.3, -0.25) is 9.59 Å². The molecular formula is C46H68BNaO14. The number of Topliss-reactive ketones (excluding diaryl/α,β-unsaturated/α-hetero) is 2. The van der Waals surface area contributed by atoms with E-state index in [0.29, 0.717) is 77.0 Å². The van der Waals surface area contributed by atoms with E-state index < -0.39 is 103 Å². The zero-order valence-electron chi connectivity index (χ0n) is 37.8. The van der Waals surface area contributed by atoms with Crippen LogP contribution in [-0.2, 0) is 56.7 Å². The molecule has 0 aromatic carbocycles. The second-order valence-electron chi connectivity index (χ2n) is 18.3. The van der Waals surface area contributed by atoms with Crippen LogP contribution in [-0.4, -0.2) is 101 Å². The minimum Gasteiger partial charge on any atom is -0.504 e. The number of hydrogen-bond donors (Lipinski definition) is 2. The van der Waals surface area contributed by atoms with Crippen LogP contribution in [0.3, 0.4) is 0 Å². The fourth-order valence-electron chi connectivity index (χ4n) is 9.42. The molecule has 14 nitrogen and oxygen atoms in total. The summed E-state index contributed by atoms with van der Waals surface area (Å²) in [6, 6.07) is 0. The number of carbonyl (C=O) groups is 4. The molecule has 0 aliphatic carbocycles. The van der Waals surface area contributed by atoms with Crippen molar-refractivity contribution in [2.24, 2.45) is 23.7 Å². The van der Waals surface area contributed by atoms with Crippen molar-refractivity contribution in [1.82, 2.24) is 0 Å². The zero-order valence-corrected chi connectivity index (χ0v) is 39.8. The summed E-state index contributed by atoms with van der Waals surface area (Å²) in [5.74, 6) is -8.24. The van der Waals surface area contributed by atoms with Crippen molar-refractivity contribution in [3.05, 3.63) is 48.6 Å². The largest absolute Gasteiger partial charge is 1.00 e. The Kier molecular flexibility index (Phi) is 18.5. The number of allylic oxidation sites excluding steroid dienone is 8. The van der Waals surface area contributed by atoms with Gasteiger partial charge in [-0.15, -0.1) is 0 Å². The van der Waals surface area contributed by atoms with Gasteiger partial charge in [0.05, 0.1) is 36.6 Å². The van der Waals surface area contributed by atoms with Crippen LogP contribution in [0.15, 0.2) is 48.6 Å². The van der Waals surface area contributed by atoms with Crippen molar-refractivity contribution in [1.29, 1.82) is 0 Å². The third-order valence-corrected chi connectivity index (χ3v) is 13.5. The Morgan fingerprint density at radius 1 is 0.532 bits per heavy atom. The monoisotopic (exact) mass is 878 g/mol. The summed E-state index contributed by atoms with van der Waals surface area (Å²) in [4.78, 5) is 56.4. The standard InChI is InChI=1S/C46H68BO14.Na/c1-29-23-25-39-33(5)37(50)27-35(48)21-17-13-10-8-12-16-20-32(4)55-44(53)42-46-30(2)24-26-40(57-46)34(6)38(51)28-36(49)22-18-14-9-7-11-15-19-31(3)54-43(52)41-45(29,56-39)60-47(58-41,59-42)61-46;/h7-14,29-36,39-42,48-49H,15-28H2,1-6H3;/q-1;+1/b11-7-,12-8-,13-10+,14-9+;/t29-,30-,31-,32-,33-,34+,35-,36+,39+,40+,41+,42+,45+,46+,47?;/m1./s1. The Labute approximate surface area is 389 Å². The average Bonchev–Trinajstić information content (AvgIpc) is 3.70. The van der Waals surface area contributed by atoms with Gasteiger partial charge in [-0.2, -0.15) is 0 Å². The minimum absolute atomic E-state index is 0. The van der Waals surface area contributed by atoms with E-state index in [2.05, 4.69) is 0 Å². The summed E-state index contributed by atoms with van der Waals surface area (Å²) in [5.41, 5.74) is 0. The number of rotatable bonds is 0. The van der Waals surface area contributed by atoms with Gasteiger partial charge in [0.2, 0.25) is 0 Å². The smallest absolute Gasteiger partial charge is 0.504 e. The molecule has 3 spiro atoms. The Balaban J connectivity index is 0.00000726. The van der Waals surface area contributed by atoms with Crippen LogP contribution in [0.25, 0.3) is 0 Å². The van der Waals surface area contributed by atoms with Crippen molar-refractivity contribution in [3.8, 4) is 0 Å². The quantitative estimate of drug-likeness (QED) is 0.267. The summed E-state index contributed by atoms with van der Waals surface area (Å²) < 4.78 is 52.5. The van der Waals surface area contributed by atoms with Gasteiger partial charge in [-0.1, -0.05) is 76.3 Å². The molecule has 2 N–H and O–H groups in total. The van der Waals surface area contributed by atoms with Gasteiger partial charge in [0.1, 0.15) is 11.6 Å². The Bertz CT molecular complexity index is 1570. The number of hydrogen-bond acceptors (Lipinski definition) is 14. The molecule has 6 rings (SSSR count). The van der Waals surface area contributed by atoms with Gasteiger partial charge in [0.15, 0.2) is 23.8 Å². The van der Waals surface area contributed by atoms with E-state index in [0.717, 1.165) is 0 Å². The van der Waals surface area contributed by atoms with Gasteiger partial charge in [-0.25, -0.2) is 9.59 Å². The normalized spacial score (nSPS) is 45.4. The molecule has 7 bridgehead atoms. The molecule has 340 valence electrons. The van der Waals surface area contributed by atoms with Gasteiger partial charge in [0, 0.05) is 36.5 Å². The van der Waals surface area contributed by atoms with Crippen molar-refractivity contribution in [3.63, 3.8) is 0 Å². The van der Waals surface area contributed by atoms with Crippen LogP contribution in [0.2, 0.25) is 0 Å². The molecule has 1 unspecified atom stereocenters. The SMILES string of the molecule is C[C@@H]1CC/C=C\C=C\CC[C@H](O)CC(=O)[C@H](C)[C@@H]2CC[C@@H](C)[C@]3(O2)O[B-]24O[C@@H](C(=O)O1)[C@@]1(O[C@@H](CC[C@H]1C)[C@H](C)C(=O)C[C@H](O)CC/C=C/C=C\CC[C@@H](C)OC(=O)[C@@H]3O2)O4.[Na+]. The summed E-state index contributed by atoms with van der Waals surface area (Å²) in [7, 11) is 0. The third kappa shape index (κ3) is 11.9. The summed E-state index contributed by atoms with van der Waals surface area (Å²) in [5, 5.41) is 21.7. The molecule has 0 amide bonds. The molecule has 0 saturated carbocycles. The van der Waals surface area contributed by atoms with E-state index in [1.807, 2.05) is 62.5 Å². The fraction of sp³-hybridized carbons (Fsp3) is 0.739. The first-order valence-electron chi connectivity index (χ1n) is 22.8. The number of cyclic esters (lactones) is 2. The fourth-order valence-corrected chi connectivity index (χ4v) is 9.42. The average molecular weight is 879 g/mol. The maximum atomic E-state index is 14.5. The van der Waals surface area contributed by atoms with Crippen molar-refractivity contribution >= 4 is 30.5 Å². The van der Waals surface area contributed by atoms with Crippen LogP contribution >= 0.6 is 0 Å². The number of aliphatic hydroxyl groups excluding tert-OH is 2. The van der Waals surface area contributed by atoms with Crippen LogP contribution in [0, 0.1) is 23.7 Å². The molecule has 4 saturated heterocycles. The van der Waals surface area contributed by atoms with Crippen LogP contribution in [0.1, 0.15) is 131 Å². The van der Waals surface area contributed by atoms with E-state index in [1.165, 1.54) is 0 Å². The number of ether oxygens (including phenoxy) is 4. The summed E-state index contributed by atoms with van der Waals surface area (Å²) in [6.07, 6.45) is 13.6. The first-order chi connectivity index (χ1) is 29.1. The molecule has 15 atom stereocenters. The first kappa shape index (κ1) is 51.0. The van der Waals surface area contributed by atoms with Gasteiger partial charge in [-0.05, 0) is 90.9 Å². The topological polar surface area (TPSA) is 183 Å². The van der Waals surface area contributed by atoms with Gasteiger partial charge < -0.3 is 47.8 Å². The maximum absolute atomic E-state index is 14.5. The third-order valence-electron chi connectivity index (χ3n) is 13.5. The van der Waals surface area contributed by atoms with Crippen molar-refractivity contribution < 1.29 is 96.5 Å². The number of esters is 2. The number of ketones is 2. The maximum Gasteiger partial charge on any atom is 1.00 e. The molecule has 4 fully saturated rings. The Morgan fingerprint density at radius 2 is 0.887 bits per heavy atom. The Hall–Kier alpha value is -2.02.